The van der Waals surface area contributed by atoms with Crippen molar-refractivity contribution in [1.82, 2.24) is 0 Å². The summed E-state index contributed by atoms with van der Waals surface area (Å²) in [7, 11) is 0. The number of nitrogens with two attached hydrogens (primary N) is 2. The molecular formula is C13H14N2. The second-order valence-electron chi connectivity index (χ2n) is 3.70. The third-order valence-electron chi connectivity index (χ3n) is 2.50. The minimum Gasteiger partial charge on any atom is -0.399 e. The van der Waals surface area contributed by atoms with Gasteiger partial charge in [-0.05, 0) is 41.8 Å². The fourth-order valence-corrected chi connectivity index (χ4v) is 1.54. The molecule has 15 heavy (non-hydrogen) atoms. The average Bonchev–Trinajstić information content (AvgIpc) is 2.22. The Morgan fingerprint density at radius 2 is 1.60 bits per heavy atom. The van der Waals surface area contributed by atoms with Gasteiger partial charge in [-0.2, -0.15) is 0 Å². The molecule has 2 nitrogen and oxygen atoms in total. The molecule has 0 aliphatic carbocycles. The summed E-state index contributed by atoms with van der Waals surface area (Å²) in [5, 5.41) is 0. The van der Waals surface area contributed by atoms with E-state index in [-0.39, 0.29) is 0 Å². The molecule has 0 saturated carbocycles. The molecule has 0 radical (unpaired) electrons. The lowest BCUT2D eigenvalue weighted by atomic mass is 10.0. The second kappa shape index (κ2) is 3.65. The van der Waals surface area contributed by atoms with Crippen molar-refractivity contribution >= 4 is 11.4 Å². The number of hydrogen-bond acceptors (Lipinski definition) is 2. The van der Waals surface area contributed by atoms with E-state index in [9.17, 15) is 0 Å². The van der Waals surface area contributed by atoms with Crippen LogP contribution in [0.3, 0.4) is 0 Å². The zero-order valence-electron chi connectivity index (χ0n) is 8.70. The lowest BCUT2D eigenvalue weighted by Crippen LogP contribution is -1.90. The summed E-state index contributed by atoms with van der Waals surface area (Å²) in [6.45, 7) is 2.00. The van der Waals surface area contributed by atoms with E-state index in [1.54, 1.807) is 0 Å². The summed E-state index contributed by atoms with van der Waals surface area (Å²) in [6, 6.07) is 13.9. The van der Waals surface area contributed by atoms with Crippen molar-refractivity contribution in [3.05, 3.63) is 48.0 Å². The van der Waals surface area contributed by atoms with Gasteiger partial charge in [0.25, 0.3) is 0 Å². The standard InChI is InChI=1S/C13H14N2/c1-9-5-6-11(8-13(9)15)10-3-2-4-12(14)7-10/h2-8H,14-15H2,1H3. The topological polar surface area (TPSA) is 52.0 Å². The molecule has 4 N–H and O–H groups in total. The van der Waals surface area contributed by atoms with Crippen molar-refractivity contribution in [2.75, 3.05) is 11.5 Å². The molecule has 0 fully saturated rings. The van der Waals surface area contributed by atoms with E-state index in [4.69, 9.17) is 11.5 Å². The summed E-state index contributed by atoms with van der Waals surface area (Å²) < 4.78 is 0. The molecule has 0 bridgehead atoms. The number of anilines is 2. The van der Waals surface area contributed by atoms with E-state index in [2.05, 4.69) is 6.07 Å². The first-order valence-corrected chi connectivity index (χ1v) is 4.89. The van der Waals surface area contributed by atoms with Crippen molar-refractivity contribution in [2.24, 2.45) is 0 Å². The molecule has 0 spiro atoms. The number of aryl methyl sites for hydroxylation is 1. The van der Waals surface area contributed by atoms with Gasteiger partial charge in [0, 0.05) is 11.4 Å². The van der Waals surface area contributed by atoms with Crippen LogP contribution in [0.5, 0.6) is 0 Å². The average molecular weight is 198 g/mol. The van der Waals surface area contributed by atoms with Crippen LogP contribution in [0.2, 0.25) is 0 Å². The largest absolute Gasteiger partial charge is 0.399 e. The van der Waals surface area contributed by atoms with Gasteiger partial charge >= 0.3 is 0 Å². The predicted molar refractivity (Wildman–Crippen MR) is 65.4 cm³/mol. The molecule has 76 valence electrons. The zero-order chi connectivity index (χ0) is 10.8. The lowest BCUT2D eigenvalue weighted by Gasteiger charge is -2.05. The molecule has 2 heteroatoms. The molecule has 0 aliphatic rings. The minimum atomic E-state index is 0.770. The van der Waals surface area contributed by atoms with Gasteiger partial charge in [0.15, 0.2) is 0 Å². The Balaban J connectivity index is 2.50. The maximum Gasteiger partial charge on any atom is 0.0349 e. The molecule has 0 amide bonds. The van der Waals surface area contributed by atoms with Gasteiger partial charge in [-0.25, -0.2) is 0 Å². The van der Waals surface area contributed by atoms with E-state index in [1.165, 1.54) is 0 Å². The third kappa shape index (κ3) is 1.94. The zero-order valence-corrected chi connectivity index (χ0v) is 8.70. The highest BCUT2D eigenvalue weighted by atomic mass is 14.6. The van der Waals surface area contributed by atoms with Gasteiger partial charge in [0.2, 0.25) is 0 Å². The number of rotatable bonds is 1. The Kier molecular flexibility index (Phi) is 2.34. The number of nitrogen functional groups attached to an aromatic ring is 2. The van der Waals surface area contributed by atoms with Crippen molar-refractivity contribution in [3.63, 3.8) is 0 Å². The van der Waals surface area contributed by atoms with E-state index in [0.717, 1.165) is 28.1 Å². The maximum absolute atomic E-state index is 5.86. The summed E-state index contributed by atoms with van der Waals surface area (Å²) in [4.78, 5) is 0. The van der Waals surface area contributed by atoms with Crippen molar-refractivity contribution < 1.29 is 0 Å². The van der Waals surface area contributed by atoms with Crippen LogP contribution in [0, 0.1) is 6.92 Å². The molecule has 0 saturated heterocycles. The molecule has 0 aromatic heterocycles. The molecule has 2 aromatic carbocycles. The Hall–Kier alpha value is -1.96. The van der Waals surface area contributed by atoms with Crippen LogP contribution in [0.15, 0.2) is 42.5 Å². The van der Waals surface area contributed by atoms with Crippen LogP contribution in [-0.4, -0.2) is 0 Å². The van der Waals surface area contributed by atoms with Gasteiger partial charge in [-0.15, -0.1) is 0 Å². The van der Waals surface area contributed by atoms with Crippen LogP contribution in [0.4, 0.5) is 11.4 Å². The van der Waals surface area contributed by atoms with Gasteiger partial charge in [-0.1, -0.05) is 24.3 Å². The summed E-state index contributed by atoms with van der Waals surface area (Å²) in [5.74, 6) is 0. The van der Waals surface area contributed by atoms with Gasteiger partial charge in [-0.3, -0.25) is 0 Å². The van der Waals surface area contributed by atoms with Crippen molar-refractivity contribution in [2.45, 2.75) is 6.92 Å². The molecule has 2 rings (SSSR count). The highest BCUT2D eigenvalue weighted by molar-refractivity contribution is 5.71. The fourth-order valence-electron chi connectivity index (χ4n) is 1.54. The minimum absolute atomic E-state index is 0.770. The maximum atomic E-state index is 5.86. The Morgan fingerprint density at radius 3 is 2.27 bits per heavy atom. The van der Waals surface area contributed by atoms with Crippen molar-refractivity contribution in [3.8, 4) is 11.1 Å². The lowest BCUT2D eigenvalue weighted by molar-refractivity contribution is 1.47. The molecular weight excluding hydrogens is 184 g/mol. The molecule has 0 atom stereocenters. The van der Waals surface area contributed by atoms with E-state index < -0.39 is 0 Å². The summed E-state index contributed by atoms with van der Waals surface area (Å²) in [5.41, 5.74) is 16.5. The van der Waals surface area contributed by atoms with Crippen molar-refractivity contribution in [1.29, 1.82) is 0 Å². The Bertz CT molecular complexity index is 490. The summed E-state index contributed by atoms with van der Waals surface area (Å²) >= 11 is 0. The van der Waals surface area contributed by atoms with E-state index in [1.807, 2.05) is 43.3 Å². The van der Waals surface area contributed by atoms with E-state index in [0.29, 0.717) is 0 Å². The summed E-state index contributed by atoms with van der Waals surface area (Å²) in [6.07, 6.45) is 0. The second-order valence-corrected chi connectivity index (χ2v) is 3.70. The van der Waals surface area contributed by atoms with Gasteiger partial charge in [0.05, 0.1) is 0 Å². The predicted octanol–water partition coefficient (Wildman–Crippen LogP) is 2.83. The third-order valence-corrected chi connectivity index (χ3v) is 2.50. The highest BCUT2D eigenvalue weighted by Crippen LogP contribution is 2.24. The van der Waals surface area contributed by atoms with Crippen LogP contribution in [-0.2, 0) is 0 Å². The van der Waals surface area contributed by atoms with Crippen LogP contribution < -0.4 is 11.5 Å². The van der Waals surface area contributed by atoms with Crippen LogP contribution in [0.1, 0.15) is 5.56 Å². The number of benzene rings is 2. The molecule has 0 heterocycles. The normalized spacial score (nSPS) is 10.2. The van der Waals surface area contributed by atoms with Gasteiger partial charge < -0.3 is 11.5 Å². The number of hydrogen-bond donors (Lipinski definition) is 2. The molecule has 0 aliphatic heterocycles. The van der Waals surface area contributed by atoms with Gasteiger partial charge in [0.1, 0.15) is 0 Å². The first-order chi connectivity index (χ1) is 7.16. The molecule has 2 aromatic rings. The SMILES string of the molecule is Cc1ccc(-c2cccc(N)c2)cc1N. The Labute approximate surface area is 89.5 Å². The quantitative estimate of drug-likeness (QED) is 0.692. The Morgan fingerprint density at radius 1 is 0.867 bits per heavy atom. The van der Waals surface area contributed by atoms with Crippen LogP contribution in [0.25, 0.3) is 11.1 Å². The smallest absolute Gasteiger partial charge is 0.0349 e. The fraction of sp³-hybridized carbons (Fsp3) is 0.0769. The van der Waals surface area contributed by atoms with Crippen LogP contribution >= 0.6 is 0 Å². The highest BCUT2D eigenvalue weighted by Gasteiger charge is 2.00. The first-order valence-electron chi connectivity index (χ1n) is 4.89. The first kappa shape index (κ1) is 9.59. The monoisotopic (exact) mass is 198 g/mol. The molecule has 0 unspecified atom stereocenters. The van der Waals surface area contributed by atoms with E-state index >= 15 is 0 Å².